The highest BCUT2D eigenvalue weighted by Gasteiger charge is 2.07. The molecule has 1 atom stereocenters. The summed E-state index contributed by atoms with van der Waals surface area (Å²) in [5.74, 6) is -0.289. The van der Waals surface area contributed by atoms with Crippen molar-refractivity contribution in [1.29, 1.82) is 0 Å². The van der Waals surface area contributed by atoms with E-state index >= 15 is 0 Å². The first-order valence-electron chi connectivity index (χ1n) is 5.51. The summed E-state index contributed by atoms with van der Waals surface area (Å²) < 4.78 is 15.0. The molecule has 0 aromatic rings. The Hall–Kier alpha value is -0.870. The van der Waals surface area contributed by atoms with Gasteiger partial charge in [0.25, 0.3) is 0 Å². The molecule has 0 rings (SSSR count). The van der Waals surface area contributed by atoms with Gasteiger partial charge in [0.1, 0.15) is 6.61 Å². The van der Waals surface area contributed by atoms with Gasteiger partial charge in [-0.25, -0.2) is 4.79 Å². The van der Waals surface area contributed by atoms with E-state index in [1.54, 1.807) is 21.1 Å². The van der Waals surface area contributed by atoms with Crippen LogP contribution in [0, 0.1) is 0 Å². The second-order valence-electron chi connectivity index (χ2n) is 3.52. The third-order valence-corrected chi connectivity index (χ3v) is 2.32. The average Bonchev–Trinajstić information content (AvgIpc) is 2.30. The van der Waals surface area contributed by atoms with E-state index in [2.05, 4.69) is 0 Å². The lowest BCUT2D eigenvalue weighted by molar-refractivity contribution is -0.140. The van der Waals surface area contributed by atoms with Crippen LogP contribution in [0.5, 0.6) is 0 Å². The topological polar surface area (TPSA) is 44.8 Å². The molecule has 0 aromatic heterocycles. The van der Waals surface area contributed by atoms with E-state index < -0.39 is 0 Å². The highest BCUT2D eigenvalue weighted by molar-refractivity contribution is 5.87. The van der Waals surface area contributed by atoms with Crippen LogP contribution >= 0.6 is 0 Å². The third kappa shape index (κ3) is 6.58. The lowest BCUT2D eigenvalue weighted by atomic mass is 10.1. The van der Waals surface area contributed by atoms with Crippen LogP contribution in [0.25, 0.3) is 0 Å². The van der Waals surface area contributed by atoms with Crippen LogP contribution in [0.1, 0.15) is 26.7 Å². The van der Waals surface area contributed by atoms with Gasteiger partial charge < -0.3 is 14.2 Å². The summed E-state index contributed by atoms with van der Waals surface area (Å²) in [5, 5.41) is 0. The summed E-state index contributed by atoms with van der Waals surface area (Å²) in [6.45, 7) is 4.52. The quantitative estimate of drug-likeness (QED) is 0.363. The maximum Gasteiger partial charge on any atom is 0.333 e. The monoisotopic (exact) mass is 230 g/mol. The van der Waals surface area contributed by atoms with Crippen LogP contribution in [0.15, 0.2) is 11.6 Å². The Morgan fingerprint density at radius 3 is 2.50 bits per heavy atom. The molecule has 0 N–H and O–H groups in total. The minimum atomic E-state index is -0.289. The van der Waals surface area contributed by atoms with Gasteiger partial charge in [0, 0.05) is 19.8 Å². The van der Waals surface area contributed by atoms with Crippen molar-refractivity contribution >= 4 is 5.97 Å². The number of methoxy groups -OCH3 is 2. The summed E-state index contributed by atoms with van der Waals surface area (Å²) in [7, 11) is 3.25. The molecule has 0 saturated heterocycles. The van der Waals surface area contributed by atoms with Crippen LogP contribution in [0.3, 0.4) is 0 Å². The van der Waals surface area contributed by atoms with Crippen molar-refractivity contribution in [2.75, 3.05) is 27.4 Å². The molecule has 0 aliphatic rings. The Balaban J connectivity index is 3.95. The Bertz CT molecular complexity index is 219. The number of hydrogen-bond acceptors (Lipinski definition) is 4. The summed E-state index contributed by atoms with van der Waals surface area (Å²) >= 11 is 0. The summed E-state index contributed by atoms with van der Waals surface area (Å²) in [6, 6.07) is 0. The SMILES string of the molecule is CCC(CC=C(C)C(=O)OCCOC)OC. The van der Waals surface area contributed by atoms with Gasteiger partial charge in [0.15, 0.2) is 0 Å². The normalized spacial score (nSPS) is 13.6. The Morgan fingerprint density at radius 2 is 2.00 bits per heavy atom. The van der Waals surface area contributed by atoms with Crippen LogP contribution in [-0.2, 0) is 19.0 Å². The first-order valence-corrected chi connectivity index (χ1v) is 5.51. The van der Waals surface area contributed by atoms with Crippen molar-refractivity contribution in [3.05, 3.63) is 11.6 Å². The zero-order chi connectivity index (χ0) is 12.4. The number of hydrogen-bond donors (Lipinski definition) is 0. The summed E-state index contributed by atoms with van der Waals surface area (Å²) in [6.07, 6.45) is 3.69. The van der Waals surface area contributed by atoms with E-state index in [9.17, 15) is 4.79 Å². The number of ether oxygens (including phenoxy) is 3. The number of esters is 1. The van der Waals surface area contributed by atoms with Gasteiger partial charge in [-0.3, -0.25) is 0 Å². The molecule has 0 saturated carbocycles. The predicted octanol–water partition coefficient (Wildman–Crippen LogP) is 1.94. The van der Waals surface area contributed by atoms with Crippen LogP contribution in [0.2, 0.25) is 0 Å². The van der Waals surface area contributed by atoms with Gasteiger partial charge >= 0.3 is 5.97 Å². The van der Waals surface area contributed by atoms with E-state index in [-0.39, 0.29) is 12.1 Å². The molecule has 0 aliphatic heterocycles. The first-order chi connectivity index (χ1) is 7.65. The van der Waals surface area contributed by atoms with Gasteiger partial charge in [-0.05, 0) is 19.8 Å². The Kier molecular flexibility index (Phi) is 8.85. The molecule has 0 bridgehead atoms. The van der Waals surface area contributed by atoms with Crippen LogP contribution in [-0.4, -0.2) is 39.5 Å². The number of carbonyl (C=O) groups excluding carboxylic acids is 1. The molecule has 94 valence electrons. The van der Waals surface area contributed by atoms with Crippen molar-refractivity contribution in [2.24, 2.45) is 0 Å². The van der Waals surface area contributed by atoms with Crippen molar-refractivity contribution in [3.8, 4) is 0 Å². The largest absolute Gasteiger partial charge is 0.460 e. The number of carbonyl (C=O) groups is 1. The minimum Gasteiger partial charge on any atom is -0.460 e. The van der Waals surface area contributed by atoms with Crippen molar-refractivity contribution in [3.63, 3.8) is 0 Å². The standard InChI is InChI=1S/C12H22O4/c1-5-11(15-4)7-6-10(2)12(13)16-9-8-14-3/h6,11H,5,7-9H2,1-4H3. The predicted molar refractivity (Wildman–Crippen MR) is 62.3 cm³/mol. The fraction of sp³-hybridized carbons (Fsp3) is 0.750. The molecule has 4 nitrogen and oxygen atoms in total. The second-order valence-corrected chi connectivity index (χ2v) is 3.52. The molecule has 0 spiro atoms. The van der Waals surface area contributed by atoms with E-state index in [0.717, 1.165) is 12.8 Å². The molecular weight excluding hydrogens is 208 g/mol. The van der Waals surface area contributed by atoms with Crippen LogP contribution in [0.4, 0.5) is 0 Å². The highest BCUT2D eigenvalue weighted by Crippen LogP contribution is 2.06. The van der Waals surface area contributed by atoms with E-state index in [1.165, 1.54) is 0 Å². The van der Waals surface area contributed by atoms with E-state index in [1.807, 2.05) is 13.0 Å². The average molecular weight is 230 g/mol. The zero-order valence-electron chi connectivity index (χ0n) is 10.6. The summed E-state index contributed by atoms with van der Waals surface area (Å²) in [5.41, 5.74) is 0.617. The highest BCUT2D eigenvalue weighted by atomic mass is 16.6. The van der Waals surface area contributed by atoms with Gasteiger partial charge in [-0.1, -0.05) is 13.0 Å². The van der Waals surface area contributed by atoms with Crippen molar-refractivity contribution in [2.45, 2.75) is 32.8 Å². The molecule has 0 aliphatic carbocycles. The van der Waals surface area contributed by atoms with Gasteiger partial charge in [-0.15, -0.1) is 0 Å². The Labute approximate surface area is 97.6 Å². The van der Waals surface area contributed by atoms with Gasteiger partial charge in [0.05, 0.1) is 12.7 Å². The lowest BCUT2D eigenvalue weighted by Gasteiger charge is -2.10. The van der Waals surface area contributed by atoms with E-state index in [0.29, 0.717) is 18.8 Å². The molecule has 1 unspecified atom stereocenters. The second kappa shape index (κ2) is 9.36. The Morgan fingerprint density at radius 1 is 1.31 bits per heavy atom. The van der Waals surface area contributed by atoms with Crippen LogP contribution < -0.4 is 0 Å². The number of rotatable bonds is 8. The first kappa shape index (κ1) is 15.1. The molecule has 0 heterocycles. The molecule has 0 aromatic carbocycles. The fourth-order valence-corrected chi connectivity index (χ4v) is 1.15. The van der Waals surface area contributed by atoms with Crippen molar-refractivity contribution < 1.29 is 19.0 Å². The summed E-state index contributed by atoms with van der Waals surface area (Å²) in [4.78, 5) is 11.4. The van der Waals surface area contributed by atoms with Gasteiger partial charge in [0.2, 0.25) is 0 Å². The smallest absolute Gasteiger partial charge is 0.333 e. The maximum atomic E-state index is 11.4. The van der Waals surface area contributed by atoms with Gasteiger partial charge in [-0.2, -0.15) is 0 Å². The molecule has 4 heteroatoms. The van der Waals surface area contributed by atoms with E-state index in [4.69, 9.17) is 14.2 Å². The molecule has 0 radical (unpaired) electrons. The zero-order valence-corrected chi connectivity index (χ0v) is 10.6. The molecule has 0 amide bonds. The third-order valence-electron chi connectivity index (χ3n) is 2.32. The fourth-order valence-electron chi connectivity index (χ4n) is 1.15. The molecular formula is C12H22O4. The lowest BCUT2D eigenvalue weighted by Crippen LogP contribution is -2.12. The maximum absolute atomic E-state index is 11.4. The molecule has 0 fully saturated rings. The molecule has 16 heavy (non-hydrogen) atoms. The minimum absolute atomic E-state index is 0.168. The van der Waals surface area contributed by atoms with Crippen molar-refractivity contribution in [1.82, 2.24) is 0 Å².